The largest absolute Gasteiger partial charge is 0.487 e. The molecular weight excluding hydrogens is 636 g/mol. The van der Waals surface area contributed by atoms with Gasteiger partial charge in [0.2, 0.25) is 11.8 Å². The molecule has 0 saturated heterocycles. The van der Waals surface area contributed by atoms with Crippen molar-refractivity contribution in [3.8, 4) is 5.75 Å². The van der Waals surface area contributed by atoms with Crippen LogP contribution in [-0.2, 0) is 16.2 Å². The van der Waals surface area contributed by atoms with Crippen LogP contribution in [0.3, 0.4) is 0 Å². The van der Waals surface area contributed by atoms with Crippen LogP contribution in [0.15, 0.2) is 66.9 Å². The molecular formula is C30H29Cl4N5O4. The van der Waals surface area contributed by atoms with E-state index in [-0.39, 0.29) is 54.6 Å². The number of para-hydroxylation sites is 1. The Bertz CT molecular complexity index is 1650. The van der Waals surface area contributed by atoms with E-state index in [1.807, 2.05) is 37.3 Å². The van der Waals surface area contributed by atoms with Crippen molar-refractivity contribution in [2.75, 3.05) is 25.5 Å². The number of likely N-dealkylation sites (N-methyl/N-ethyl adjacent to an activating group) is 1. The summed E-state index contributed by atoms with van der Waals surface area (Å²) < 4.78 is 6.06. The van der Waals surface area contributed by atoms with Crippen LogP contribution in [-0.4, -0.2) is 48.3 Å². The van der Waals surface area contributed by atoms with Gasteiger partial charge in [-0.1, -0.05) is 47.5 Å². The third-order valence-corrected chi connectivity index (χ3v) is 6.96. The molecule has 226 valence electrons. The van der Waals surface area contributed by atoms with E-state index in [1.165, 1.54) is 30.3 Å². The fraction of sp³-hybridized carbons (Fsp3) is 0.167. The first-order valence-electron chi connectivity index (χ1n) is 12.5. The van der Waals surface area contributed by atoms with E-state index in [0.29, 0.717) is 27.6 Å². The van der Waals surface area contributed by atoms with Gasteiger partial charge >= 0.3 is 0 Å². The molecule has 0 fully saturated rings. The molecule has 0 radical (unpaired) electrons. The quantitative estimate of drug-likeness (QED) is 0.218. The van der Waals surface area contributed by atoms with Gasteiger partial charge in [-0.2, -0.15) is 0 Å². The lowest BCUT2D eigenvalue weighted by Crippen LogP contribution is -2.37. The monoisotopic (exact) mass is 663 g/mol. The van der Waals surface area contributed by atoms with Crippen molar-refractivity contribution in [1.29, 1.82) is 0 Å². The molecule has 0 aliphatic rings. The molecule has 2 aromatic heterocycles. The summed E-state index contributed by atoms with van der Waals surface area (Å²) in [6.45, 7) is 1.70. The highest BCUT2D eigenvalue weighted by atomic mass is 35.5. The second-order valence-electron chi connectivity index (χ2n) is 8.99. The fourth-order valence-corrected chi connectivity index (χ4v) is 4.48. The molecule has 0 atom stereocenters. The van der Waals surface area contributed by atoms with Crippen molar-refractivity contribution < 1.29 is 19.1 Å². The summed E-state index contributed by atoms with van der Waals surface area (Å²) in [5.41, 5.74) is 3.40. The number of pyridine rings is 2. The lowest BCUT2D eigenvalue weighted by atomic mass is 10.1. The maximum absolute atomic E-state index is 12.9. The van der Waals surface area contributed by atoms with Gasteiger partial charge in [0.25, 0.3) is 5.91 Å². The first-order chi connectivity index (χ1) is 19.7. The maximum Gasteiger partial charge on any atom is 0.269 e. The summed E-state index contributed by atoms with van der Waals surface area (Å²) >= 11 is 13.1. The molecule has 0 unspecified atom stereocenters. The van der Waals surface area contributed by atoms with Crippen molar-refractivity contribution in [2.24, 2.45) is 0 Å². The van der Waals surface area contributed by atoms with E-state index >= 15 is 0 Å². The Labute approximate surface area is 271 Å². The summed E-state index contributed by atoms with van der Waals surface area (Å²) in [6, 6.07) is 16.0. The fourth-order valence-electron chi connectivity index (χ4n) is 3.87. The van der Waals surface area contributed by atoms with E-state index in [0.717, 1.165) is 16.6 Å². The number of hydrogen-bond acceptors (Lipinski definition) is 6. The Kier molecular flexibility index (Phi) is 13.2. The van der Waals surface area contributed by atoms with Crippen LogP contribution >= 0.6 is 48.0 Å². The van der Waals surface area contributed by atoms with Crippen molar-refractivity contribution in [2.45, 2.75) is 13.5 Å². The Morgan fingerprint density at radius 2 is 1.79 bits per heavy atom. The number of halogens is 4. The predicted octanol–water partition coefficient (Wildman–Crippen LogP) is 5.82. The van der Waals surface area contributed by atoms with Gasteiger partial charge in [0.05, 0.1) is 17.3 Å². The molecule has 2 heterocycles. The van der Waals surface area contributed by atoms with Gasteiger partial charge in [-0.15, -0.1) is 24.8 Å². The van der Waals surface area contributed by atoms with Crippen LogP contribution in [0.25, 0.3) is 17.0 Å². The van der Waals surface area contributed by atoms with Crippen LogP contribution < -0.4 is 20.3 Å². The zero-order chi connectivity index (χ0) is 29.5. The number of carbonyl (C=O) groups excluding carboxylic acids is 3. The van der Waals surface area contributed by atoms with E-state index in [9.17, 15) is 14.4 Å². The van der Waals surface area contributed by atoms with Crippen LogP contribution in [0.1, 0.15) is 27.3 Å². The lowest BCUT2D eigenvalue weighted by molar-refractivity contribution is -0.122. The molecule has 13 heteroatoms. The van der Waals surface area contributed by atoms with Gasteiger partial charge in [0.1, 0.15) is 23.6 Å². The van der Waals surface area contributed by atoms with Gasteiger partial charge < -0.3 is 20.3 Å². The standard InChI is InChI=1S/C30H27Cl2N5O4.2ClH/c1-18-7-10-20-5-4-6-25(29(20)36-18)41-17-21-22(31)11-13-24(28(21)32)37(3)27(39)16-35-26(38)14-9-19-8-12-23(34-15-19)30(40)33-2;;/h4-15H,16-17H2,1-3H3,(H,33,40)(H,35,38);2*1H/b14-9+;;. The highest BCUT2D eigenvalue weighted by Gasteiger charge is 2.19. The van der Waals surface area contributed by atoms with Crippen molar-refractivity contribution in [3.63, 3.8) is 0 Å². The number of rotatable bonds is 9. The zero-order valence-corrected chi connectivity index (χ0v) is 26.5. The topological polar surface area (TPSA) is 114 Å². The molecule has 0 saturated carbocycles. The van der Waals surface area contributed by atoms with Crippen LogP contribution in [0.4, 0.5) is 5.69 Å². The molecule has 0 aliphatic carbocycles. The number of aryl methyl sites for hydroxylation is 1. The third kappa shape index (κ3) is 8.81. The number of ether oxygens (including phenoxy) is 1. The molecule has 2 aromatic carbocycles. The Hall–Kier alpha value is -3.89. The number of hydrogen-bond donors (Lipinski definition) is 2. The van der Waals surface area contributed by atoms with Crippen molar-refractivity contribution in [3.05, 3.63) is 99.4 Å². The molecule has 0 bridgehead atoms. The molecule has 3 amide bonds. The molecule has 43 heavy (non-hydrogen) atoms. The number of nitrogens with zero attached hydrogens (tertiary/aromatic N) is 3. The smallest absolute Gasteiger partial charge is 0.269 e. The third-order valence-electron chi connectivity index (χ3n) is 6.18. The lowest BCUT2D eigenvalue weighted by Gasteiger charge is -2.21. The van der Waals surface area contributed by atoms with Gasteiger partial charge in [0.15, 0.2) is 0 Å². The Morgan fingerprint density at radius 1 is 1.02 bits per heavy atom. The van der Waals surface area contributed by atoms with Crippen molar-refractivity contribution in [1.82, 2.24) is 20.6 Å². The number of fused-ring (bicyclic) bond motifs is 1. The average molecular weight is 665 g/mol. The number of amides is 3. The minimum Gasteiger partial charge on any atom is -0.487 e. The first-order valence-corrected chi connectivity index (χ1v) is 13.3. The summed E-state index contributed by atoms with van der Waals surface area (Å²) in [6.07, 6.45) is 4.27. The Balaban J connectivity index is 0.00000323. The normalized spacial score (nSPS) is 10.4. The summed E-state index contributed by atoms with van der Waals surface area (Å²) in [5, 5.41) is 6.63. The van der Waals surface area contributed by atoms with Gasteiger partial charge in [0, 0.05) is 48.0 Å². The SMILES string of the molecule is CNC(=O)c1ccc(/C=C/C(=O)NCC(=O)N(C)c2ccc(Cl)c(COc3cccc4ccc(C)nc34)c2Cl)cn1.Cl.Cl. The average Bonchev–Trinajstić information content (AvgIpc) is 2.98. The summed E-state index contributed by atoms with van der Waals surface area (Å²) in [7, 11) is 3.07. The summed E-state index contributed by atoms with van der Waals surface area (Å²) in [5.74, 6) is -0.592. The second kappa shape index (κ2) is 16.1. The first kappa shape index (κ1) is 35.3. The molecule has 0 spiro atoms. The molecule has 9 nitrogen and oxygen atoms in total. The molecule has 4 aromatic rings. The highest BCUT2D eigenvalue weighted by molar-refractivity contribution is 6.38. The van der Waals surface area contributed by atoms with Gasteiger partial charge in [-0.05, 0) is 48.9 Å². The van der Waals surface area contributed by atoms with E-state index in [1.54, 1.807) is 31.3 Å². The minimum absolute atomic E-state index is 0. The highest BCUT2D eigenvalue weighted by Crippen LogP contribution is 2.35. The minimum atomic E-state index is -0.475. The zero-order valence-electron chi connectivity index (χ0n) is 23.4. The second-order valence-corrected chi connectivity index (χ2v) is 9.77. The van der Waals surface area contributed by atoms with E-state index in [4.69, 9.17) is 27.9 Å². The van der Waals surface area contributed by atoms with Gasteiger partial charge in [-0.25, -0.2) is 4.98 Å². The molecule has 2 N–H and O–H groups in total. The Morgan fingerprint density at radius 3 is 2.49 bits per heavy atom. The molecule has 4 rings (SSSR count). The maximum atomic E-state index is 12.9. The number of anilines is 1. The van der Waals surface area contributed by atoms with Crippen LogP contribution in [0, 0.1) is 6.92 Å². The predicted molar refractivity (Wildman–Crippen MR) is 175 cm³/mol. The van der Waals surface area contributed by atoms with Gasteiger partial charge in [-0.3, -0.25) is 19.4 Å². The van der Waals surface area contributed by atoms with Crippen LogP contribution in [0.2, 0.25) is 10.0 Å². The number of aromatic nitrogens is 2. The number of nitrogens with one attached hydrogen (secondary N) is 2. The number of benzene rings is 2. The van der Waals surface area contributed by atoms with Crippen LogP contribution in [0.5, 0.6) is 5.75 Å². The molecule has 0 aliphatic heterocycles. The van der Waals surface area contributed by atoms with E-state index < -0.39 is 11.8 Å². The van der Waals surface area contributed by atoms with E-state index in [2.05, 4.69) is 20.6 Å². The number of carbonyl (C=O) groups is 3. The van der Waals surface area contributed by atoms with Crippen molar-refractivity contribution >= 4 is 88.4 Å². The summed E-state index contributed by atoms with van der Waals surface area (Å²) in [4.78, 5) is 46.7.